The molecule has 0 saturated heterocycles. The van der Waals surface area contributed by atoms with Gasteiger partial charge in [-0.2, -0.15) is 0 Å². The Morgan fingerprint density at radius 1 is 1.13 bits per heavy atom. The number of carbonyl (C=O) groups is 1. The number of benzene rings is 2. The van der Waals surface area contributed by atoms with E-state index < -0.39 is 5.82 Å². The first-order chi connectivity index (χ1) is 11.0. The van der Waals surface area contributed by atoms with Gasteiger partial charge in [-0.3, -0.25) is 4.79 Å². The van der Waals surface area contributed by atoms with E-state index >= 15 is 0 Å². The fourth-order valence-corrected chi connectivity index (χ4v) is 2.57. The molecule has 0 atom stereocenters. The van der Waals surface area contributed by atoms with Crippen LogP contribution >= 0.6 is 11.6 Å². The molecule has 1 N–H and O–H groups in total. The summed E-state index contributed by atoms with van der Waals surface area (Å²) in [5.41, 5.74) is 2.43. The summed E-state index contributed by atoms with van der Waals surface area (Å²) < 4.78 is 13.7. The Morgan fingerprint density at radius 3 is 2.48 bits per heavy atom. The topological polar surface area (TPSA) is 32.3 Å². The highest BCUT2D eigenvalue weighted by Gasteiger charge is 2.12. The maximum absolute atomic E-state index is 13.7. The molecule has 0 unspecified atom stereocenters. The zero-order valence-corrected chi connectivity index (χ0v) is 14.0. The lowest BCUT2D eigenvalue weighted by atomic mass is 10.1. The largest absolute Gasteiger partial charge is 0.352 e. The van der Waals surface area contributed by atoms with Gasteiger partial charge in [0.1, 0.15) is 5.82 Å². The number of rotatable bonds is 6. The Hall–Kier alpha value is -1.91. The average Bonchev–Trinajstić information content (AvgIpc) is 2.50. The van der Waals surface area contributed by atoms with E-state index in [4.69, 9.17) is 11.6 Å². The van der Waals surface area contributed by atoms with Crippen molar-refractivity contribution in [2.75, 3.05) is 14.1 Å². The molecule has 0 radical (unpaired) electrons. The summed E-state index contributed by atoms with van der Waals surface area (Å²) in [6.45, 7) is 1.21. The molecule has 3 nitrogen and oxygen atoms in total. The zero-order chi connectivity index (χ0) is 16.8. The minimum absolute atomic E-state index is 0.0681. The van der Waals surface area contributed by atoms with Crippen LogP contribution in [-0.2, 0) is 24.3 Å². The van der Waals surface area contributed by atoms with Crippen molar-refractivity contribution < 1.29 is 9.18 Å². The lowest BCUT2D eigenvalue weighted by Gasteiger charge is -2.15. The Bertz CT molecular complexity index is 668. The van der Waals surface area contributed by atoms with Crippen molar-refractivity contribution in [3.8, 4) is 0 Å². The number of nitrogens with one attached hydrogen (secondary N) is 1. The minimum Gasteiger partial charge on any atom is -0.352 e. The molecule has 0 spiro atoms. The molecule has 1 amide bonds. The first-order valence-corrected chi connectivity index (χ1v) is 7.76. The van der Waals surface area contributed by atoms with Gasteiger partial charge in [0.2, 0.25) is 5.91 Å². The third-order valence-corrected chi connectivity index (χ3v) is 3.83. The number of nitrogens with zero attached hydrogens (tertiary/aromatic N) is 1. The summed E-state index contributed by atoms with van der Waals surface area (Å²) in [4.78, 5) is 14.1. The van der Waals surface area contributed by atoms with Gasteiger partial charge in [-0.15, -0.1) is 0 Å². The predicted octanol–water partition coefficient (Wildman–Crippen LogP) is 3.40. The van der Waals surface area contributed by atoms with Crippen LogP contribution in [0.25, 0.3) is 0 Å². The van der Waals surface area contributed by atoms with Crippen LogP contribution in [0.4, 0.5) is 4.39 Å². The van der Waals surface area contributed by atoms with E-state index in [1.54, 1.807) is 6.07 Å². The summed E-state index contributed by atoms with van der Waals surface area (Å²) in [6.07, 6.45) is -0.0681. The van der Waals surface area contributed by atoms with Gasteiger partial charge in [0.15, 0.2) is 0 Å². The lowest BCUT2D eigenvalue weighted by Crippen LogP contribution is -2.26. The molecule has 0 aromatic heterocycles. The molecule has 0 fully saturated rings. The van der Waals surface area contributed by atoms with Gasteiger partial charge < -0.3 is 10.2 Å². The molecule has 0 heterocycles. The summed E-state index contributed by atoms with van der Waals surface area (Å²) in [7, 11) is 3.99. The molecule has 23 heavy (non-hydrogen) atoms. The lowest BCUT2D eigenvalue weighted by molar-refractivity contribution is -0.120. The fraction of sp³-hybridized carbons (Fsp3) is 0.278. The van der Waals surface area contributed by atoms with Crippen LogP contribution in [0, 0.1) is 5.82 Å². The maximum Gasteiger partial charge on any atom is 0.224 e. The van der Waals surface area contributed by atoms with E-state index in [0.717, 1.165) is 17.7 Å². The van der Waals surface area contributed by atoms with Crippen molar-refractivity contribution in [3.63, 3.8) is 0 Å². The molecule has 0 aliphatic rings. The summed E-state index contributed by atoms with van der Waals surface area (Å²) in [5, 5.41) is 3.10. The van der Waals surface area contributed by atoms with E-state index in [1.165, 1.54) is 12.1 Å². The standard InChI is InChI=1S/C18H20ClFN2O/c1-22(2)12-14-7-4-3-6-13(14)11-21-18(23)10-15-16(19)8-5-9-17(15)20/h3-9H,10-12H2,1-2H3,(H,21,23). The van der Waals surface area contributed by atoms with E-state index in [1.807, 2.05) is 38.4 Å². The highest BCUT2D eigenvalue weighted by Crippen LogP contribution is 2.19. The minimum atomic E-state index is -0.458. The molecule has 2 aromatic rings. The van der Waals surface area contributed by atoms with Gasteiger partial charge in [0.05, 0.1) is 6.42 Å². The van der Waals surface area contributed by atoms with Crippen molar-refractivity contribution in [2.45, 2.75) is 19.5 Å². The van der Waals surface area contributed by atoms with E-state index in [-0.39, 0.29) is 22.9 Å². The fourth-order valence-electron chi connectivity index (χ4n) is 2.34. The first kappa shape index (κ1) is 17.4. The maximum atomic E-state index is 13.7. The first-order valence-electron chi connectivity index (χ1n) is 7.38. The van der Waals surface area contributed by atoms with Crippen molar-refractivity contribution in [1.82, 2.24) is 10.2 Å². The number of hydrogen-bond acceptors (Lipinski definition) is 2. The molecule has 2 aromatic carbocycles. The SMILES string of the molecule is CN(C)Cc1ccccc1CNC(=O)Cc1c(F)cccc1Cl. The molecule has 0 aliphatic heterocycles. The number of carbonyl (C=O) groups excluding carboxylic acids is 1. The van der Waals surface area contributed by atoms with Crippen molar-refractivity contribution in [2.24, 2.45) is 0 Å². The molecular weight excluding hydrogens is 315 g/mol. The van der Waals surface area contributed by atoms with Crippen LogP contribution in [-0.4, -0.2) is 24.9 Å². The van der Waals surface area contributed by atoms with Gasteiger partial charge in [-0.1, -0.05) is 41.9 Å². The number of amides is 1. The Morgan fingerprint density at radius 2 is 1.83 bits per heavy atom. The molecule has 0 saturated carbocycles. The van der Waals surface area contributed by atoms with E-state index in [9.17, 15) is 9.18 Å². The summed E-state index contributed by atoms with van der Waals surface area (Å²) in [5.74, 6) is -0.711. The Balaban J connectivity index is 2.00. The predicted molar refractivity (Wildman–Crippen MR) is 90.8 cm³/mol. The van der Waals surface area contributed by atoms with Crippen LogP contribution in [0.2, 0.25) is 5.02 Å². The molecule has 122 valence electrons. The van der Waals surface area contributed by atoms with Crippen molar-refractivity contribution in [1.29, 1.82) is 0 Å². The summed E-state index contributed by atoms with van der Waals surface area (Å²) >= 11 is 5.95. The van der Waals surface area contributed by atoms with E-state index in [0.29, 0.717) is 6.54 Å². The third kappa shape index (κ3) is 5.05. The van der Waals surface area contributed by atoms with Crippen LogP contribution in [0.1, 0.15) is 16.7 Å². The highest BCUT2D eigenvalue weighted by atomic mass is 35.5. The van der Waals surface area contributed by atoms with Crippen molar-refractivity contribution in [3.05, 3.63) is 70.0 Å². The molecule has 0 bridgehead atoms. The van der Waals surface area contributed by atoms with Crippen molar-refractivity contribution >= 4 is 17.5 Å². The molecule has 0 aliphatic carbocycles. The van der Waals surface area contributed by atoms with Crippen LogP contribution in [0.5, 0.6) is 0 Å². The zero-order valence-electron chi connectivity index (χ0n) is 13.3. The van der Waals surface area contributed by atoms with Crippen LogP contribution in [0.3, 0.4) is 0 Å². The van der Waals surface area contributed by atoms with Gasteiger partial charge in [0.25, 0.3) is 0 Å². The second kappa shape index (κ2) is 8.09. The molecule has 2 rings (SSSR count). The molecule has 5 heteroatoms. The summed E-state index contributed by atoms with van der Waals surface area (Å²) in [6, 6.07) is 12.3. The second-order valence-electron chi connectivity index (χ2n) is 5.66. The normalized spacial score (nSPS) is 10.8. The van der Waals surface area contributed by atoms with Gasteiger partial charge in [-0.25, -0.2) is 4.39 Å². The quantitative estimate of drug-likeness (QED) is 0.878. The average molecular weight is 335 g/mol. The van der Waals surface area contributed by atoms with Gasteiger partial charge in [-0.05, 0) is 37.4 Å². The van der Waals surface area contributed by atoms with Crippen LogP contribution < -0.4 is 5.32 Å². The molecular formula is C18H20ClFN2O. The van der Waals surface area contributed by atoms with Crippen LogP contribution in [0.15, 0.2) is 42.5 Å². The Kier molecular flexibility index (Phi) is 6.13. The smallest absolute Gasteiger partial charge is 0.224 e. The highest BCUT2D eigenvalue weighted by molar-refractivity contribution is 6.31. The third-order valence-electron chi connectivity index (χ3n) is 3.48. The Labute approximate surface area is 141 Å². The second-order valence-corrected chi connectivity index (χ2v) is 6.07. The van der Waals surface area contributed by atoms with E-state index in [2.05, 4.69) is 10.2 Å². The number of halogens is 2. The van der Waals surface area contributed by atoms with Gasteiger partial charge >= 0.3 is 0 Å². The number of hydrogen-bond donors (Lipinski definition) is 1. The monoisotopic (exact) mass is 334 g/mol. The van der Waals surface area contributed by atoms with Gasteiger partial charge in [0, 0.05) is 23.7 Å².